The van der Waals surface area contributed by atoms with Gasteiger partial charge in [0.05, 0.1) is 17.5 Å². The van der Waals surface area contributed by atoms with Crippen molar-refractivity contribution in [2.45, 2.75) is 38.9 Å². The van der Waals surface area contributed by atoms with Crippen LogP contribution in [0.15, 0.2) is 12.5 Å². The first-order valence-corrected chi connectivity index (χ1v) is 4.72. The predicted molar refractivity (Wildman–Crippen MR) is 61.2 cm³/mol. The normalized spacial score (nSPS) is 11.9. The van der Waals surface area contributed by atoms with Gasteiger partial charge in [0, 0.05) is 18.8 Å². The van der Waals surface area contributed by atoms with Gasteiger partial charge in [0.15, 0.2) is 0 Å². The Bertz CT molecular complexity index is 269. The highest BCUT2D eigenvalue weighted by molar-refractivity contribution is 6.30. The van der Waals surface area contributed by atoms with Gasteiger partial charge in [-0.25, -0.2) is 0 Å². The van der Waals surface area contributed by atoms with Crippen LogP contribution < -0.4 is 5.59 Å². The lowest BCUT2D eigenvalue weighted by molar-refractivity contribution is -0.107. The molecule has 2 N–H and O–H groups in total. The average Bonchev–Trinajstić information content (AvgIpc) is 2.31. The summed E-state index contributed by atoms with van der Waals surface area (Å²) in [5.74, 6) is 0. The molecule has 1 aromatic heterocycles. The predicted octanol–water partition coefficient (Wildman–Crippen LogP) is -0.258. The van der Waals surface area contributed by atoms with Crippen LogP contribution in [-0.2, 0) is 7.05 Å². The topological polar surface area (TPSA) is 58.3 Å². The fourth-order valence-electron chi connectivity index (χ4n) is 0.433. The van der Waals surface area contributed by atoms with Crippen molar-refractivity contribution in [2.75, 3.05) is 0 Å². The van der Waals surface area contributed by atoms with Crippen molar-refractivity contribution in [3.63, 3.8) is 0 Å². The monoisotopic (exact) mass is 210 g/mol. The molecule has 5 heteroatoms. The maximum absolute atomic E-state index is 9.10. The van der Waals surface area contributed by atoms with Crippen LogP contribution in [0.2, 0.25) is 0 Å². The molecule has 0 aromatic carbocycles. The molecule has 2 radical (unpaired) electrons. The zero-order valence-electron chi connectivity index (χ0n) is 10.0. The Kier molecular flexibility index (Phi) is 4.55. The van der Waals surface area contributed by atoms with E-state index in [9.17, 15) is 0 Å². The number of aryl methyl sites for hydroxylation is 1. The number of hydrogen-bond acceptors (Lipinski definition) is 3. The highest BCUT2D eigenvalue weighted by atomic mass is 16.3. The van der Waals surface area contributed by atoms with Gasteiger partial charge in [-0.2, -0.15) is 0 Å². The van der Waals surface area contributed by atoms with Crippen molar-refractivity contribution < 1.29 is 10.2 Å². The summed E-state index contributed by atoms with van der Waals surface area (Å²) in [6.45, 7) is 6.31. The molecule has 0 atom stereocenters. The Hall–Kier alpha value is -0.805. The first-order chi connectivity index (χ1) is 6.54. The number of aromatic nitrogens is 2. The zero-order valence-corrected chi connectivity index (χ0v) is 10.0. The van der Waals surface area contributed by atoms with Crippen molar-refractivity contribution in [2.24, 2.45) is 7.05 Å². The number of hydrogen-bond donors (Lipinski definition) is 2. The minimum atomic E-state index is -1.01. The number of rotatable bonds is 1. The molecule has 1 rings (SSSR count). The van der Waals surface area contributed by atoms with E-state index < -0.39 is 11.2 Å². The SMILES string of the molecule is CC(C)(O)C(C)(C)O.[B]c1cn(C)cn1. The molecule has 0 unspecified atom stereocenters. The molecular weight excluding hydrogens is 191 g/mol. The summed E-state index contributed by atoms with van der Waals surface area (Å²) >= 11 is 0. The molecule has 1 heterocycles. The van der Waals surface area contributed by atoms with E-state index in [0.29, 0.717) is 5.59 Å². The van der Waals surface area contributed by atoms with Gasteiger partial charge in [0.2, 0.25) is 0 Å². The molecule has 0 aliphatic heterocycles. The second-order valence-corrected chi connectivity index (χ2v) is 4.58. The molecule has 0 saturated heterocycles. The summed E-state index contributed by atoms with van der Waals surface area (Å²) < 4.78 is 1.80. The number of nitrogens with zero attached hydrogens (tertiary/aromatic N) is 2. The standard InChI is InChI=1S/C6H14O2.C4H5BN2/c1-5(2,7)6(3,4)8;1-7-2-4(5)6-3-7/h7-8H,1-4H3;2-3H,1H3. The molecule has 0 fully saturated rings. The van der Waals surface area contributed by atoms with Crippen LogP contribution in [0.25, 0.3) is 0 Å². The lowest BCUT2D eigenvalue weighted by Gasteiger charge is -2.31. The molecule has 84 valence electrons. The quantitative estimate of drug-likeness (QED) is 0.628. The van der Waals surface area contributed by atoms with Gasteiger partial charge in [0.25, 0.3) is 0 Å². The van der Waals surface area contributed by atoms with Gasteiger partial charge < -0.3 is 14.8 Å². The first kappa shape index (κ1) is 14.2. The lowest BCUT2D eigenvalue weighted by atomic mass is 9.90. The van der Waals surface area contributed by atoms with Gasteiger partial charge in [-0.15, -0.1) is 0 Å². The van der Waals surface area contributed by atoms with Crippen LogP contribution in [0.5, 0.6) is 0 Å². The van der Waals surface area contributed by atoms with Gasteiger partial charge in [-0.3, -0.25) is 4.98 Å². The molecule has 0 amide bonds. The van der Waals surface area contributed by atoms with E-state index in [2.05, 4.69) is 4.98 Å². The van der Waals surface area contributed by atoms with Crippen molar-refractivity contribution >= 4 is 13.4 Å². The molecule has 1 aromatic rings. The van der Waals surface area contributed by atoms with Crippen molar-refractivity contribution in [3.05, 3.63) is 12.5 Å². The Morgan fingerprint density at radius 2 is 1.60 bits per heavy atom. The summed E-state index contributed by atoms with van der Waals surface area (Å²) in [6.07, 6.45) is 3.41. The van der Waals surface area contributed by atoms with E-state index in [-0.39, 0.29) is 0 Å². The minimum Gasteiger partial charge on any atom is -0.387 e. The molecule has 0 aliphatic rings. The maximum atomic E-state index is 9.10. The summed E-state index contributed by atoms with van der Waals surface area (Å²) in [4.78, 5) is 3.76. The maximum Gasteiger partial charge on any atom is 0.143 e. The largest absolute Gasteiger partial charge is 0.387 e. The fraction of sp³-hybridized carbons (Fsp3) is 0.700. The van der Waals surface area contributed by atoms with Crippen LogP contribution in [-0.4, -0.2) is 38.8 Å². The Balaban J connectivity index is 0.000000262. The third-order valence-corrected chi connectivity index (χ3v) is 2.22. The van der Waals surface area contributed by atoms with Crippen molar-refractivity contribution in [1.82, 2.24) is 9.55 Å². The molecule has 0 bridgehead atoms. The van der Waals surface area contributed by atoms with Crippen LogP contribution >= 0.6 is 0 Å². The minimum absolute atomic E-state index is 0.572. The van der Waals surface area contributed by atoms with E-state index in [1.807, 2.05) is 7.05 Å². The summed E-state index contributed by atoms with van der Waals surface area (Å²) in [5, 5.41) is 18.2. The highest BCUT2D eigenvalue weighted by Crippen LogP contribution is 2.19. The van der Waals surface area contributed by atoms with Crippen LogP contribution in [0.4, 0.5) is 0 Å². The van der Waals surface area contributed by atoms with Crippen molar-refractivity contribution in [1.29, 1.82) is 0 Å². The number of aliphatic hydroxyl groups is 2. The fourth-order valence-corrected chi connectivity index (χ4v) is 0.433. The molecular formula is C10H19BN2O2. The van der Waals surface area contributed by atoms with E-state index in [1.165, 1.54) is 0 Å². The smallest absolute Gasteiger partial charge is 0.143 e. The van der Waals surface area contributed by atoms with Gasteiger partial charge in [-0.1, -0.05) is 0 Å². The molecule has 0 aliphatic carbocycles. The van der Waals surface area contributed by atoms with E-state index in [1.54, 1.807) is 44.8 Å². The van der Waals surface area contributed by atoms with E-state index in [4.69, 9.17) is 18.1 Å². The Labute approximate surface area is 92.4 Å². The zero-order chi connectivity index (χ0) is 12.3. The van der Waals surface area contributed by atoms with Gasteiger partial charge in [0.1, 0.15) is 7.85 Å². The molecule has 0 saturated carbocycles. The van der Waals surface area contributed by atoms with Crippen molar-refractivity contribution in [3.8, 4) is 0 Å². The molecule has 15 heavy (non-hydrogen) atoms. The third kappa shape index (κ3) is 5.59. The van der Waals surface area contributed by atoms with E-state index >= 15 is 0 Å². The molecule has 0 spiro atoms. The second-order valence-electron chi connectivity index (χ2n) is 4.58. The van der Waals surface area contributed by atoms with Gasteiger partial charge >= 0.3 is 0 Å². The van der Waals surface area contributed by atoms with Crippen LogP contribution in [0.1, 0.15) is 27.7 Å². The summed E-state index contributed by atoms with van der Waals surface area (Å²) in [6, 6.07) is 0. The Morgan fingerprint density at radius 3 is 1.67 bits per heavy atom. The second kappa shape index (κ2) is 4.81. The third-order valence-electron chi connectivity index (χ3n) is 2.22. The highest BCUT2D eigenvalue weighted by Gasteiger charge is 2.31. The first-order valence-electron chi connectivity index (χ1n) is 4.72. The lowest BCUT2D eigenvalue weighted by Crippen LogP contribution is -2.44. The number of imidazole rings is 1. The van der Waals surface area contributed by atoms with Crippen LogP contribution in [0, 0.1) is 0 Å². The van der Waals surface area contributed by atoms with E-state index in [0.717, 1.165) is 0 Å². The average molecular weight is 210 g/mol. The van der Waals surface area contributed by atoms with Gasteiger partial charge in [-0.05, 0) is 27.7 Å². The summed E-state index contributed by atoms with van der Waals surface area (Å²) in [7, 11) is 7.12. The Morgan fingerprint density at radius 1 is 1.20 bits per heavy atom. The molecule has 4 nitrogen and oxygen atoms in total. The van der Waals surface area contributed by atoms with Crippen LogP contribution in [0.3, 0.4) is 0 Å². The summed E-state index contributed by atoms with van der Waals surface area (Å²) in [5.41, 5.74) is -1.44.